The van der Waals surface area contributed by atoms with E-state index < -0.39 is 28.6 Å². The maximum absolute atomic E-state index is 12.0. The molecule has 0 radical (unpaired) electrons. The van der Waals surface area contributed by atoms with Gasteiger partial charge in [0.15, 0.2) is 0 Å². The fourth-order valence-corrected chi connectivity index (χ4v) is 3.15. The molecule has 0 spiro atoms. The standard InChI is InChI=1S/C14H11IN2O5/c1-5-3-2-4-6(15)7(5)8-9(13(19)20)11(16)17-12(18)10(8)14(21)22/h2-4H,1H3,(H,19,20)(H,21,22)(H3,16,17,18). The number of aryl methyl sites for hydroxylation is 1. The first-order valence-electron chi connectivity index (χ1n) is 6.03. The van der Waals surface area contributed by atoms with Crippen LogP contribution in [0.5, 0.6) is 0 Å². The third-order valence-corrected chi connectivity index (χ3v) is 4.04. The van der Waals surface area contributed by atoms with E-state index in [2.05, 4.69) is 4.98 Å². The van der Waals surface area contributed by atoms with Crippen LogP contribution in [0.2, 0.25) is 0 Å². The van der Waals surface area contributed by atoms with Gasteiger partial charge in [-0.1, -0.05) is 12.1 Å². The van der Waals surface area contributed by atoms with Crippen molar-refractivity contribution in [1.82, 2.24) is 4.98 Å². The number of carboxylic acids is 2. The Hall–Kier alpha value is -2.36. The van der Waals surface area contributed by atoms with Crippen molar-refractivity contribution in [3.63, 3.8) is 0 Å². The summed E-state index contributed by atoms with van der Waals surface area (Å²) in [5, 5.41) is 18.7. The van der Waals surface area contributed by atoms with Gasteiger partial charge in [-0.15, -0.1) is 0 Å². The average Bonchev–Trinajstić information content (AvgIpc) is 2.36. The summed E-state index contributed by atoms with van der Waals surface area (Å²) in [6, 6.07) is 5.14. The number of hydrogen-bond donors (Lipinski definition) is 4. The predicted molar refractivity (Wildman–Crippen MR) is 88.3 cm³/mol. The molecule has 2 aromatic rings. The van der Waals surface area contributed by atoms with Crippen LogP contribution in [0.4, 0.5) is 5.82 Å². The van der Waals surface area contributed by atoms with E-state index in [9.17, 15) is 24.6 Å². The van der Waals surface area contributed by atoms with Crippen molar-refractivity contribution in [1.29, 1.82) is 0 Å². The predicted octanol–water partition coefficient (Wildman–Crippen LogP) is 1.93. The number of anilines is 1. The number of nitrogens with one attached hydrogen (secondary N) is 1. The van der Waals surface area contributed by atoms with E-state index in [1.807, 2.05) is 22.6 Å². The second-order valence-electron chi connectivity index (χ2n) is 4.53. The number of nitrogen functional groups attached to an aromatic ring is 1. The first-order valence-corrected chi connectivity index (χ1v) is 7.11. The van der Waals surface area contributed by atoms with Crippen molar-refractivity contribution in [2.75, 3.05) is 5.73 Å². The summed E-state index contributed by atoms with van der Waals surface area (Å²) in [4.78, 5) is 37.0. The summed E-state index contributed by atoms with van der Waals surface area (Å²) in [7, 11) is 0. The highest BCUT2D eigenvalue weighted by Crippen LogP contribution is 2.34. The molecule has 2 rings (SSSR count). The van der Waals surface area contributed by atoms with Crippen molar-refractivity contribution < 1.29 is 19.8 Å². The van der Waals surface area contributed by atoms with Crippen molar-refractivity contribution in [2.45, 2.75) is 6.92 Å². The second kappa shape index (κ2) is 5.79. The maximum atomic E-state index is 12.0. The monoisotopic (exact) mass is 414 g/mol. The van der Waals surface area contributed by atoms with Crippen molar-refractivity contribution in [3.8, 4) is 11.1 Å². The Morgan fingerprint density at radius 2 is 1.73 bits per heavy atom. The highest BCUT2D eigenvalue weighted by molar-refractivity contribution is 14.1. The zero-order valence-electron chi connectivity index (χ0n) is 11.3. The molecule has 0 unspecified atom stereocenters. The van der Waals surface area contributed by atoms with Gasteiger partial charge in [0.25, 0.3) is 5.56 Å². The smallest absolute Gasteiger partial charge is 0.342 e. The molecule has 0 saturated carbocycles. The molecule has 0 amide bonds. The van der Waals surface area contributed by atoms with Crippen molar-refractivity contribution in [2.24, 2.45) is 0 Å². The lowest BCUT2D eigenvalue weighted by Crippen LogP contribution is -2.24. The van der Waals surface area contributed by atoms with Crippen LogP contribution in [0, 0.1) is 10.5 Å². The summed E-state index contributed by atoms with van der Waals surface area (Å²) >= 11 is 1.95. The number of nitrogens with two attached hydrogens (primary N) is 1. The summed E-state index contributed by atoms with van der Waals surface area (Å²) in [5.41, 5.74) is 4.43. The molecule has 0 aliphatic heterocycles. The molecule has 1 aromatic carbocycles. The molecule has 22 heavy (non-hydrogen) atoms. The SMILES string of the molecule is Cc1cccc(I)c1-c1c(C(=O)O)c(N)[nH]c(=O)c1C(=O)O. The summed E-state index contributed by atoms with van der Waals surface area (Å²) < 4.78 is 0.618. The van der Waals surface area contributed by atoms with E-state index in [0.29, 0.717) is 14.7 Å². The fraction of sp³-hybridized carbons (Fsp3) is 0.0714. The first kappa shape index (κ1) is 16.0. The number of aromatic amines is 1. The van der Waals surface area contributed by atoms with Crippen LogP contribution in [0.15, 0.2) is 23.0 Å². The Morgan fingerprint density at radius 1 is 1.14 bits per heavy atom. The summed E-state index contributed by atoms with van der Waals surface area (Å²) in [5.74, 6) is -3.31. The molecular formula is C14H11IN2O5. The molecule has 1 heterocycles. The second-order valence-corrected chi connectivity index (χ2v) is 5.70. The van der Waals surface area contributed by atoms with E-state index in [0.717, 1.165) is 0 Å². The van der Waals surface area contributed by atoms with Crippen LogP contribution in [0.25, 0.3) is 11.1 Å². The highest BCUT2D eigenvalue weighted by atomic mass is 127. The zero-order chi connectivity index (χ0) is 16.6. The Kier molecular flexibility index (Phi) is 4.22. The van der Waals surface area contributed by atoms with Gasteiger partial charge in [0.05, 0.1) is 0 Å². The normalized spacial score (nSPS) is 10.5. The van der Waals surface area contributed by atoms with Crippen LogP contribution >= 0.6 is 22.6 Å². The number of pyridine rings is 1. The van der Waals surface area contributed by atoms with Crippen LogP contribution in [0.3, 0.4) is 0 Å². The van der Waals surface area contributed by atoms with Gasteiger partial charge in [0.1, 0.15) is 16.9 Å². The van der Waals surface area contributed by atoms with Gasteiger partial charge in [0.2, 0.25) is 0 Å². The molecule has 8 heteroatoms. The Labute approximate surface area is 137 Å². The van der Waals surface area contributed by atoms with Gasteiger partial charge in [-0.25, -0.2) is 9.59 Å². The highest BCUT2D eigenvalue weighted by Gasteiger charge is 2.28. The number of aromatic nitrogens is 1. The lowest BCUT2D eigenvalue weighted by atomic mass is 9.92. The van der Waals surface area contributed by atoms with Gasteiger partial charge in [-0.3, -0.25) is 4.79 Å². The van der Waals surface area contributed by atoms with E-state index in [1.165, 1.54) is 0 Å². The molecule has 7 nitrogen and oxygen atoms in total. The minimum Gasteiger partial charge on any atom is -0.478 e. The number of benzene rings is 1. The number of carboxylic acid groups (broad SMARTS) is 2. The number of hydrogen-bond acceptors (Lipinski definition) is 4. The zero-order valence-corrected chi connectivity index (χ0v) is 13.5. The average molecular weight is 414 g/mol. The minimum absolute atomic E-state index is 0.177. The van der Waals surface area contributed by atoms with E-state index in [4.69, 9.17) is 5.73 Å². The van der Waals surface area contributed by atoms with Gasteiger partial charge < -0.3 is 20.9 Å². The molecular weight excluding hydrogens is 403 g/mol. The van der Waals surface area contributed by atoms with Crippen molar-refractivity contribution >= 4 is 40.3 Å². The van der Waals surface area contributed by atoms with Gasteiger partial charge >= 0.3 is 11.9 Å². The maximum Gasteiger partial charge on any atom is 0.342 e. The summed E-state index contributed by atoms with van der Waals surface area (Å²) in [6.07, 6.45) is 0. The number of carbonyl (C=O) groups is 2. The van der Waals surface area contributed by atoms with Gasteiger partial charge in [0, 0.05) is 9.13 Å². The lowest BCUT2D eigenvalue weighted by Gasteiger charge is -2.15. The van der Waals surface area contributed by atoms with Gasteiger partial charge in [-0.05, 0) is 46.7 Å². The largest absolute Gasteiger partial charge is 0.478 e. The molecule has 114 valence electrons. The Bertz CT molecular complexity index is 837. The first-order chi connectivity index (χ1) is 10.3. The number of rotatable bonds is 3. The molecule has 0 saturated heterocycles. The third kappa shape index (κ3) is 2.56. The van der Waals surface area contributed by atoms with E-state index >= 15 is 0 Å². The number of aromatic carboxylic acids is 2. The molecule has 0 aliphatic carbocycles. The van der Waals surface area contributed by atoms with Crippen molar-refractivity contribution in [3.05, 3.63) is 48.8 Å². The van der Waals surface area contributed by atoms with E-state index in [-0.39, 0.29) is 11.4 Å². The molecule has 0 atom stereocenters. The molecule has 5 N–H and O–H groups in total. The molecule has 0 fully saturated rings. The topological polar surface area (TPSA) is 133 Å². The molecule has 0 aliphatic rings. The fourth-order valence-electron chi connectivity index (χ4n) is 2.25. The molecule has 0 bridgehead atoms. The summed E-state index contributed by atoms with van der Waals surface area (Å²) in [6.45, 7) is 1.70. The van der Waals surface area contributed by atoms with Crippen LogP contribution < -0.4 is 11.3 Å². The Balaban J connectivity index is 3.10. The molecule has 1 aromatic heterocycles. The van der Waals surface area contributed by atoms with Gasteiger partial charge in [-0.2, -0.15) is 0 Å². The van der Waals surface area contributed by atoms with Crippen LogP contribution in [0.1, 0.15) is 26.3 Å². The lowest BCUT2D eigenvalue weighted by molar-refractivity contribution is 0.0695. The number of H-pyrrole nitrogens is 1. The van der Waals surface area contributed by atoms with Crippen LogP contribution in [-0.4, -0.2) is 27.1 Å². The number of halogens is 1. The Morgan fingerprint density at radius 3 is 2.23 bits per heavy atom. The third-order valence-electron chi connectivity index (χ3n) is 3.14. The van der Waals surface area contributed by atoms with Crippen LogP contribution in [-0.2, 0) is 0 Å². The van der Waals surface area contributed by atoms with E-state index in [1.54, 1.807) is 25.1 Å². The quantitative estimate of drug-likeness (QED) is 0.568. The minimum atomic E-state index is -1.52.